The van der Waals surface area contributed by atoms with Crippen LogP contribution in [-0.2, 0) is 22.6 Å². The third-order valence-electron chi connectivity index (χ3n) is 6.42. The quantitative estimate of drug-likeness (QED) is 0.376. The molecule has 1 saturated heterocycles. The first-order chi connectivity index (χ1) is 18.2. The van der Waals surface area contributed by atoms with Crippen LogP contribution in [0.2, 0.25) is 0 Å². The second kappa shape index (κ2) is 12.5. The third-order valence-corrected chi connectivity index (χ3v) is 6.42. The maximum Gasteiger partial charge on any atom is 0.410 e. The van der Waals surface area contributed by atoms with Gasteiger partial charge in [0.2, 0.25) is 0 Å². The summed E-state index contributed by atoms with van der Waals surface area (Å²) in [6.45, 7) is 12.3. The Morgan fingerprint density at radius 2 is 1.74 bits per heavy atom. The highest BCUT2D eigenvalue weighted by Gasteiger charge is 2.25. The zero-order valence-electron chi connectivity index (χ0n) is 22.9. The molecule has 1 aliphatic rings. The first-order valence-corrected chi connectivity index (χ1v) is 13.4. The van der Waals surface area contributed by atoms with Gasteiger partial charge in [0.1, 0.15) is 17.1 Å². The van der Waals surface area contributed by atoms with Gasteiger partial charge >= 0.3 is 6.09 Å². The van der Waals surface area contributed by atoms with Crippen molar-refractivity contribution in [2.45, 2.75) is 52.8 Å². The molecule has 1 amide bonds. The summed E-state index contributed by atoms with van der Waals surface area (Å²) < 4.78 is 19.0. The zero-order valence-corrected chi connectivity index (χ0v) is 22.9. The Morgan fingerprint density at radius 3 is 2.47 bits per heavy atom. The highest BCUT2D eigenvalue weighted by Crippen LogP contribution is 2.26. The van der Waals surface area contributed by atoms with E-state index in [1.165, 1.54) is 0 Å². The van der Waals surface area contributed by atoms with Crippen molar-refractivity contribution in [3.8, 4) is 11.5 Å². The number of amides is 1. The summed E-state index contributed by atoms with van der Waals surface area (Å²) in [5.41, 5.74) is 1.00. The van der Waals surface area contributed by atoms with Gasteiger partial charge in [0.25, 0.3) is 5.56 Å². The van der Waals surface area contributed by atoms with E-state index in [2.05, 4.69) is 4.90 Å². The largest absolute Gasteiger partial charge is 0.457 e. The van der Waals surface area contributed by atoms with E-state index in [1.54, 1.807) is 9.47 Å². The Kier molecular flexibility index (Phi) is 9.07. The van der Waals surface area contributed by atoms with Crippen molar-refractivity contribution in [1.29, 1.82) is 0 Å². The molecule has 0 bridgehead atoms. The van der Waals surface area contributed by atoms with Crippen molar-refractivity contribution in [2.75, 3.05) is 39.4 Å². The van der Waals surface area contributed by atoms with E-state index in [0.717, 1.165) is 35.2 Å². The van der Waals surface area contributed by atoms with Crippen LogP contribution in [0.15, 0.2) is 59.4 Å². The fourth-order valence-electron chi connectivity index (χ4n) is 4.61. The van der Waals surface area contributed by atoms with E-state index >= 15 is 0 Å². The molecule has 0 saturated carbocycles. The molecular formula is C30H39N3O5. The summed E-state index contributed by atoms with van der Waals surface area (Å²) in [7, 11) is 0. The number of para-hydroxylation sites is 1. The molecule has 0 radical (unpaired) electrons. The second-order valence-electron chi connectivity index (χ2n) is 10.6. The number of hydrogen-bond donors (Lipinski definition) is 0. The lowest BCUT2D eigenvalue weighted by Gasteiger charge is -2.26. The molecule has 1 aromatic heterocycles. The van der Waals surface area contributed by atoms with E-state index in [-0.39, 0.29) is 11.7 Å². The van der Waals surface area contributed by atoms with Crippen LogP contribution in [0, 0.1) is 0 Å². The number of carbonyl (C=O) groups is 1. The highest BCUT2D eigenvalue weighted by atomic mass is 16.6. The van der Waals surface area contributed by atoms with Crippen LogP contribution < -0.4 is 10.3 Å². The normalized spacial score (nSPS) is 14.9. The molecule has 38 heavy (non-hydrogen) atoms. The fraction of sp³-hybridized carbons (Fsp3) is 0.467. The number of carbonyl (C=O) groups excluding carboxylic acids is 1. The molecule has 8 nitrogen and oxygen atoms in total. The number of fused-ring (bicyclic) bond motifs is 1. The molecule has 0 unspecified atom stereocenters. The Bertz CT molecular complexity index is 1280. The SMILES string of the molecule is CCOCCn1c(=O)c(CN2CCCN(C(=O)OC(C)(C)C)CC2)cc2ccc(Oc3ccccc3)cc21. The summed E-state index contributed by atoms with van der Waals surface area (Å²) in [4.78, 5) is 30.3. The topological polar surface area (TPSA) is 73.2 Å². The number of rotatable bonds is 8. The molecule has 2 heterocycles. The average molecular weight is 522 g/mol. The monoisotopic (exact) mass is 521 g/mol. The van der Waals surface area contributed by atoms with Crippen LogP contribution in [0.4, 0.5) is 4.79 Å². The van der Waals surface area contributed by atoms with Crippen LogP contribution in [0.3, 0.4) is 0 Å². The number of nitrogens with zero attached hydrogens (tertiary/aromatic N) is 3. The van der Waals surface area contributed by atoms with Crippen molar-refractivity contribution >= 4 is 17.0 Å². The summed E-state index contributed by atoms with van der Waals surface area (Å²) in [5, 5.41) is 0.974. The molecule has 0 spiro atoms. The van der Waals surface area contributed by atoms with Gasteiger partial charge in [-0.25, -0.2) is 4.79 Å². The predicted molar refractivity (Wildman–Crippen MR) is 149 cm³/mol. The summed E-state index contributed by atoms with van der Waals surface area (Å²) >= 11 is 0. The maximum absolute atomic E-state index is 13.7. The van der Waals surface area contributed by atoms with Gasteiger partial charge in [-0.1, -0.05) is 18.2 Å². The molecule has 1 aliphatic heterocycles. The third kappa shape index (κ3) is 7.36. The molecule has 8 heteroatoms. The number of pyridine rings is 1. The fourth-order valence-corrected chi connectivity index (χ4v) is 4.61. The van der Waals surface area contributed by atoms with Crippen molar-refractivity contribution in [1.82, 2.24) is 14.4 Å². The van der Waals surface area contributed by atoms with Crippen molar-refractivity contribution in [3.05, 3.63) is 70.5 Å². The van der Waals surface area contributed by atoms with E-state index in [1.807, 2.05) is 82.3 Å². The molecule has 1 fully saturated rings. The zero-order chi connectivity index (χ0) is 27.1. The molecule has 3 aromatic rings. The van der Waals surface area contributed by atoms with Gasteiger partial charge in [-0.3, -0.25) is 9.69 Å². The van der Waals surface area contributed by atoms with Gasteiger partial charge < -0.3 is 23.7 Å². The minimum absolute atomic E-state index is 0.0256. The average Bonchev–Trinajstić information content (AvgIpc) is 3.12. The van der Waals surface area contributed by atoms with Gasteiger partial charge in [-0.05, 0) is 69.8 Å². The number of benzene rings is 2. The predicted octanol–water partition coefficient (Wildman–Crippen LogP) is 5.27. The number of hydrogen-bond acceptors (Lipinski definition) is 6. The van der Waals surface area contributed by atoms with Crippen LogP contribution in [0.25, 0.3) is 10.9 Å². The molecule has 2 aromatic carbocycles. The summed E-state index contributed by atoms with van der Waals surface area (Å²) in [5.74, 6) is 1.42. The molecule has 204 valence electrons. The van der Waals surface area contributed by atoms with E-state index in [0.29, 0.717) is 51.7 Å². The number of ether oxygens (including phenoxy) is 3. The van der Waals surface area contributed by atoms with Crippen LogP contribution in [-0.4, -0.2) is 65.5 Å². The van der Waals surface area contributed by atoms with Gasteiger partial charge in [0.05, 0.1) is 12.1 Å². The van der Waals surface area contributed by atoms with Gasteiger partial charge in [0.15, 0.2) is 0 Å². The Hall–Kier alpha value is -3.36. The second-order valence-corrected chi connectivity index (χ2v) is 10.6. The minimum Gasteiger partial charge on any atom is -0.457 e. The van der Waals surface area contributed by atoms with Gasteiger partial charge in [-0.2, -0.15) is 0 Å². The molecule has 0 atom stereocenters. The summed E-state index contributed by atoms with van der Waals surface area (Å²) in [6.07, 6.45) is 0.544. The summed E-state index contributed by atoms with van der Waals surface area (Å²) in [6, 6.07) is 17.4. The first-order valence-electron chi connectivity index (χ1n) is 13.4. The Balaban J connectivity index is 1.56. The minimum atomic E-state index is -0.521. The van der Waals surface area contributed by atoms with E-state index < -0.39 is 5.60 Å². The van der Waals surface area contributed by atoms with Crippen LogP contribution >= 0.6 is 0 Å². The molecule has 0 N–H and O–H groups in total. The van der Waals surface area contributed by atoms with E-state index in [4.69, 9.17) is 14.2 Å². The van der Waals surface area contributed by atoms with Gasteiger partial charge in [0, 0.05) is 57.5 Å². The first kappa shape index (κ1) is 27.7. The Morgan fingerprint density at radius 1 is 0.947 bits per heavy atom. The number of aromatic nitrogens is 1. The van der Waals surface area contributed by atoms with Gasteiger partial charge in [-0.15, -0.1) is 0 Å². The standard InChI is InChI=1S/C30H39N3O5/c1-5-36-19-18-33-27-21-26(37-25-10-7-6-8-11-25)13-12-23(27)20-24(28(33)34)22-31-14-9-15-32(17-16-31)29(35)38-30(2,3)4/h6-8,10-13,20-21H,5,9,14-19,22H2,1-4H3. The smallest absolute Gasteiger partial charge is 0.410 e. The van der Waals surface area contributed by atoms with Crippen LogP contribution in [0.5, 0.6) is 11.5 Å². The van der Waals surface area contributed by atoms with Crippen molar-refractivity contribution in [2.24, 2.45) is 0 Å². The molecule has 0 aliphatic carbocycles. The lowest BCUT2D eigenvalue weighted by Crippen LogP contribution is -2.39. The lowest BCUT2D eigenvalue weighted by atomic mass is 10.1. The lowest BCUT2D eigenvalue weighted by molar-refractivity contribution is 0.0257. The van der Waals surface area contributed by atoms with Crippen molar-refractivity contribution in [3.63, 3.8) is 0 Å². The van der Waals surface area contributed by atoms with Crippen molar-refractivity contribution < 1.29 is 19.0 Å². The van der Waals surface area contributed by atoms with E-state index in [9.17, 15) is 9.59 Å². The molecule has 4 rings (SSSR count). The highest BCUT2D eigenvalue weighted by molar-refractivity contribution is 5.81. The maximum atomic E-state index is 13.7. The Labute approximate surface area is 224 Å². The molecular weight excluding hydrogens is 482 g/mol. The van der Waals surface area contributed by atoms with Crippen LogP contribution in [0.1, 0.15) is 39.7 Å².